The number of ether oxygens (including phenoxy) is 1. The zero-order chi connectivity index (χ0) is 7.84. The fourth-order valence-electron chi connectivity index (χ4n) is 1.12. The highest BCUT2D eigenvalue weighted by Gasteiger charge is 2.22. The van der Waals surface area contributed by atoms with Gasteiger partial charge in [0.05, 0.1) is 6.61 Å². The Kier molecular flexibility index (Phi) is 1.35. The predicted octanol–water partition coefficient (Wildman–Crippen LogP) is 1.38. The Morgan fingerprint density at radius 3 is 3.27 bits per heavy atom. The van der Waals surface area contributed by atoms with Gasteiger partial charge in [0.2, 0.25) is 0 Å². The van der Waals surface area contributed by atoms with E-state index in [-0.39, 0.29) is 0 Å². The number of thiophene rings is 1. The maximum Gasteiger partial charge on any atom is 0.349 e. The van der Waals surface area contributed by atoms with Crippen molar-refractivity contribution in [2.45, 2.75) is 6.42 Å². The number of aromatic carboxylic acids is 1. The molecule has 0 amide bonds. The number of carboxylic acid groups (broad SMARTS) is 1. The summed E-state index contributed by atoms with van der Waals surface area (Å²) < 4.78 is 5.16. The van der Waals surface area contributed by atoms with E-state index in [2.05, 4.69) is 0 Å². The summed E-state index contributed by atoms with van der Waals surface area (Å²) in [7, 11) is 0. The molecule has 0 bridgehead atoms. The highest BCUT2D eigenvalue weighted by Crippen LogP contribution is 2.34. The van der Waals surface area contributed by atoms with Crippen molar-refractivity contribution in [3.8, 4) is 5.75 Å². The molecule has 0 unspecified atom stereocenters. The highest BCUT2D eigenvalue weighted by atomic mass is 32.1. The zero-order valence-electron chi connectivity index (χ0n) is 5.66. The fourth-order valence-corrected chi connectivity index (χ4v) is 2.01. The van der Waals surface area contributed by atoms with Crippen molar-refractivity contribution in [1.82, 2.24) is 0 Å². The van der Waals surface area contributed by atoms with E-state index in [1.54, 1.807) is 0 Å². The van der Waals surface area contributed by atoms with Crippen molar-refractivity contribution < 1.29 is 14.6 Å². The molecule has 1 aromatic rings. The second-order valence-corrected chi connectivity index (χ2v) is 3.20. The second-order valence-electron chi connectivity index (χ2n) is 2.32. The first-order valence-corrected chi connectivity index (χ1v) is 4.13. The molecule has 1 aliphatic heterocycles. The van der Waals surface area contributed by atoms with Crippen molar-refractivity contribution >= 4 is 17.3 Å². The third kappa shape index (κ3) is 0.903. The van der Waals surface area contributed by atoms with Crippen LogP contribution >= 0.6 is 11.3 Å². The third-order valence-electron chi connectivity index (χ3n) is 1.63. The minimum absolute atomic E-state index is 0.331. The van der Waals surface area contributed by atoms with Gasteiger partial charge in [-0.25, -0.2) is 4.79 Å². The molecule has 0 saturated carbocycles. The minimum atomic E-state index is -0.891. The van der Waals surface area contributed by atoms with Gasteiger partial charge in [0.1, 0.15) is 5.75 Å². The largest absolute Gasteiger partial charge is 0.491 e. The summed E-state index contributed by atoms with van der Waals surface area (Å²) in [5, 5.41) is 10.5. The number of hydrogen-bond donors (Lipinski definition) is 1. The standard InChI is InChI=1S/C7H6O3S/c8-7(9)6-5-4(3-11-6)1-2-10-5/h3H,1-2H2,(H,8,9). The fraction of sp³-hybridized carbons (Fsp3) is 0.286. The van der Waals surface area contributed by atoms with Crippen LogP contribution in [0.5, 0.6) is 5.75 Å². The molecule has 0 saturated heterocycles. The van der Waals surface area contributed by atoms with Gasteiger partial charge in [-0.3, -0.25) is 0 Å². The first-order valence-electron chi connectivity index (χ1n) is 3.25. The molecule has 0 fully saturated rings. The van der Waals surface area contributed by atoms with Crippen LogP contribution < -0.4 is 4.74 Å². The summed E-state index contributed by atoms with van der Waals surface area (Å²) in [5.41, 5.74) is 1.03. The van der Waals surface area contributed by atoms with Crippen molar-refractivity contribution in [2.24, 2.45) is 0 Å². The Hall–Kier alpha value is -1.03. The maximum atomic E-state index is 10.6. The van der Waals surface area contributed by atoms with E-state index in [0.29, 0.717) is 17.2 Å². The summed E-state index contributed by atoms with van der Waals surface area (Å²) in [4.78, 5) is 10.9. The van der Waals surface area contributed by atoms with Crippen LogP contribution in [0.2, 0.25) is 0 Å². The molecule has 58 valence electrons. The third-order valence-corrected chi connectivity index (χ3v) is 2.63. The lowest BCUT2D eigenvalue weighted by molar-refractivity contribution is 0.0699. The van der Waals surface area contributed by atoms with Gasteiger partial charge in [0.25, 0.3) is 0 Å². The van der Waals surface area contributed by atoms with Crippen molar-refractivity contribution in [1.29, 1.82) is 0 Å². The van der Waals surface area contributed by atoms with E-state index < -0.39 is 5.97 Å². The lowest BCUT2D eigenvalue weighted by Gasteiger charge is -1.94. The van der Waals surface area contributed by atoms with Crippen LogP contribution in [0.15, 0.2) is 5.38 Å². The summed E-state index contributed by atoms with van der Waals surface area (Å²) in [6, 6.07) is 0. The molecule has 0 radical (unpaired) electrons. The minimum Gasteiger partial charge on any atom is -0.491 e. The van der Waals surface area contributed by atoms with E-state index >= 15 is 0 Å². The van der Waals surface area contributed by atoms with Gasteiger partial charge in [-0.1, -0.05) is 0 Å². The Labute approximate surface area is 67.2 Å². The van der Waals surface area contributed by atoms with Crippen LogP contribution in [-0.2, 0) is 6.42 Å². The van der Waals surface area contributed by atoms with E-state index in [4.69, 9.17) is 9.84 Å². The Bertz CT molecular complexity index is 303. The molecule has 2 rings (SSSR count). The maximum absolute atomic E-state index is 10.6. The first kappa shape index (κ1) is 6.67. The lowest BCUT2D eigenvalue weighted by atomic mass is 10.2. The van der Waals surface area contributed by atoms with E-state index in [1.807, 2.05) is 5.38 Å². The number of carbonyl (C=O) groups is 1. The molecular formula is C7H6O3S. The average Bonchev–Trinajstić information content (AvgIpc) is 2.41. The number of fused-ring (bicyclic) bond motifs is 1. The quantitative estimate of drug-likeness (QED) is 0.692. The second kappa shape index (κ2) is 2.23. The van der Waals surface area contributed by atoms with Crippen LogP contribution in [0.3, 0.4) is 0 Å². The molecule has 1 aliphatic rings. The first-order chi connectivity index (χ1) is 5.29. The van der Waals surface area contributed by atoms with Gasteiger partial charge in [0, 0.05) is 12.0 Å². The molecule has 0 aliphatic carbocycles. The summed E-state index contributed by atoms with van der Waals surface area (Å²) in [5.74, 6) is -0.305. The summed E-state index contributed by atoms with van der Waals surface area (Å²) in [6.45, 7) is 0.624. The van der Waals surface area contributed by atoms with Gasteiger partial charge in [-0.05, 0) is 5.38 Å². The highest BCUT2D eigenvalue weighted by molar-refractivity contribution is 7.12. The summed E-state index contributed by atoms with van der Waals surface area (Å²) in [6.07, 6.45) is 0.846. The van der Waals surface area contributed by atoms with Crippen LogP contribution in [0, 0.1) is 0 Å². The van der Waals surface area contributed by atoms with Gasteiger partial charge in [-0.2, -0.15) is 0 Å². The van der Waals surface area contributed by atoms with Crippen LogP contribution in [0.25, 0.3) is 0 Å². The van der Waals surface area contributed by atoms with E-state index in [9.17, 15) is 4.79 Å². The van der Waals surface area contributed by atoms with Crippen molar-refractivity contribution in [3.05, 3.63) is 15.8 Å². The SMILES string of the molecule is O=C(O)c1scc2c1OCC2. The van der Waals surface area contributed by atoms with E-state index in [0.717, 1.165) is 12.0 Å². The molecule has 0 aromatic carbocycles. The predicted molar refractivity (Wildman–Crippen MR) is 40.5 cm³/mol. The molecule has 4 heteroatoms. The van der Waals surface area contributed by atoms with Gasteiger partial charge >= 0.3 is 5.97 Å². The normalized spacial score (nSPS) is 14.2. The molecule has 0 spiro atoms. The van der Waals surface area contributed by atoms with Crippen LogP contribution in [0.4, 0.5) is 0 Å². The van der Waals surface area contributed by atoms with Crippen LogP contribution in [-0.4, -0.2) is 17.7 Å². The summed E-state index contributed by atoms with van der Waals surface area (Å²) >= 11 is 1.24. The van der Waals surface area contributed by atoms with Crippen molar-refractivity contribution in [3.63, 3.8) is 0 Å². The topological polar surface area (TPSA) is 46.5 Å². The molecular weight excluding hydrogens is 164 g/mol. The average molecular weight is 170 g/mol. The Balaban J connectivity index is 2.50. The smallest absolute Gasteiger partial charge is 0.349 e. The number of hydrogen-bond acceptors (Lipinski definition) is 3. The zero-order valence-corrected chi connectivity index (χ0v) is 6.48. The van der Waals surface area contributed by atoms with Gasteiger partial charge < -0.3 is 9.84 Å². The molecule has 1 aromatic heterocycles. The van der Waals surface area contributed by atoms with Gasteiger partial charge in [0.15, 0.2) is 4.88 Å². The Morgan fingerprint density at radius 1 is 1.73 bits per heavy atom. The van der Waals surface area contributed by atoms with Gasteiger partial charge in [-0.15, -0.1) is 11.3 Å². The molecule has 11 heavy (non-hydrogen) atoms. The molecule has 3 nitrogen and oxygen atoms in total. The van der Waals surface area contributed by atoms with Crippen molar-refractivity contribution in [2.75, 3.05) is 6.61 Å². The molecule has 0 atom stereocenters. The molecule has 1 N–H and O–H groups in total. The van der Waals surface area contributed by atoms with Crippen LogP contribution in [0.1, 0.15) is 15.2 Å². The Morgan fingerprint density at radius 2 is 2.55 bits per heavy atom. The monoisotopic (exact) mass is 170 g/mol. The lowest BCUT2D eigenvalue weighted by Crippen LogP contribution is -1.96. The van der Waals surface area contributed by atoms with E-state index in [1.165, 1.54) is 11.3 Å². The molecule has 2 heterocycles. The number of carboxylic acids is 1. The number of rotatable bonds is 1.